The molecule has 0 aromatic carbocycles. The lowest BCUT2D eigenvalue weighted by Gasteiger charge is -2.35. The van der Waals surface area contributed by atoms with Crippen molar-refractivity contribution in [2.24, 2.45) is 35.5 Å². The van der Waals surface area contributed by atoms with Gasteiger partial charge < -0.3 is 10.4 Å². The Bertz CT molecular complexity index is 452. The van der Waals surface area contributed by atoms with Gasteiger partial charge >= 0.3 is 5.97 Å². The first kappa shape index (κ1) is 19.5. The van der Waals surface area contributed by atoms with Gasteiger partial charge in [0, 0.05) is 6.54 Å². The van der Waals surface area contributed by atoms with Crippen LogP contribution in [0, 0.1) is 35.5 Å². The van der Waals surface area contributed by atoms with Gasteiger partial charge in [-0.3, -0.25) is 14.4 Å². The number of nitrogens with one attached hydrogen (secondary N) is 2. The van der Waals surface area contributed by atoms with E-state index in [-0.39, 0.29) is 17.7 Å². The van der Waals surface area contributed by atoms with Crippen molar-refractivity contribution in [2.45, 2.75) is 26.7 Å². The lowest BCUT2D eigenvalue weighted by Crippen LogP contribution is -2.45. The van der Waals surface area contributed by atoms with Crippen LogP contribution in [-0.2, 0) is 23.6 Å². The number of aliphatic carboxylic acids is 1. The van der Waals surface area contributed by atoms with E-state index in [0.717, 1.165) is 18.6 Å². The van der Waals surface area contributed by atoms with E-state index < -0.39 is 17.8 Å². The van der Waals surface area contributed by atoms with Crippen LogP contribution in [0.1, 0.15) is 26.7 Å². The molecule has 2 fully saturated rings. The van der Waals surface area contributed by atoms with Crippen molar-refractivity contribution < 1.29 is 28.8 Å². The Morgan fingerprint density at radius 1 is 1.21 bits per heavy atom. The fourth-order valence-electron chi connectivity index (χ4n) is 4.28. The predicted octanol–water partition coefficient (Wildman–Crippen LogP) is 1.39. The zero-order valence-corrected chi connectivity index (χ0v) is 15.0. The van der Waals surface area contributed by atoms with Crippen LogP contribution in [0.15, 0.2) is 0 Å². The summed E-state index contributed by atoms with van der Waals surface area (Å²) in [6, 6.07) is 0. The number of carbonyl (C=O) groups excluding carboxylic acids is 1. The van der Waals surface area contributed by atoms with E-state index >= 15 is 0 Å². The van der Waals surface area contributed by atoms with Crippen molar-refractivity contribution in [3.63, 3.8) is 0 Å². The lowest BCUT2D eigenvalue weighted by atomic mass is 9.69. The molecule has 0 aromatic rings. The molecule has 0 heterocycles. The molecule has 9 heteroatoms. The maximum Gasteiger partial charge on any atom is 0.307 e. The number of hydrogen-bond donors (Lipinski definition) is 3. The maximum absolute atomic E-state index is 12.5. The highest BCUT2D eigenvalue weighted by atomic mass is 32.2. The Hall–Kier alpha value is -0.870. The molecule has 6 unspecified atom stereocenters. The Balaban J connectivity index is 1.74. The molecule has 24 heavy (non-hydrogen) atoms. The zero-order valence-electron chi connectivity index (χ0n) is 14.2. The average Bonchev–Trinajstić information content (AvgIpc) is 3.07. The molecule has 2 aliphatic rings. The molecule has 0 aliphatic heterocycles. The van der Waals surface area contributed by atoms with Crippen LogP contribution in [0.2, 0.25) is 0 Å². The normalized spacial score (nSPS) is 34.5. The summed E-state index contributed by atoms with van der Waals surface area (Å²) in [5.74, 6) is -0.902. The fraction of sp³-hybridized carbons (Fsp3) is 0.867. The second-order valence-corrected chi connectivity index (χ2v) is 7.04. The van der Waals surface area contributed by atoms with Crippen LogP contribution in [-0.4, -0.2) is 37.2 Å². The monoisotopic (exact) mass is 362 g/mol. The van der Waals surface area contributed by atoms with Gasteiger partial charge in [-0.25, -0.2) is 4.89 Å². The highest BCUT2D eigenvalue weighted by Gasteiger charge is 2.59. The average molecular weight is 362 g/mol. The van der Waals surface area contributed by atoms with E-state index in [0.29, 0.717) is 31.4 Å². The summed E-state index contributed by atoms with van der Waals surface area (Å²) in [4.78, 5) is 36.0. The second-order valence-electron chi connectivity index (χ2n) is 6.57. The molecule has 2 saturated carbocycles. The van der Waals surface area contributed by atoms with Gasteiger partial charge in [-0.1, -0.05) is 13.8 Å². The molecule has 0 spiro atoms. The van der Waals surface area contributed by atoms with Crippen LogP contribution in [0.4, 0.5) is 0 Å². The van der Waals surface area contributed by atoms with Gasteiger partial charge in [0.2, 0.25) is 5.91 Å². The third-order valence-corrected chi connectivity index (χ3v) is 5.93. The fourth-order valence-corrected chi connectivity index (χ4v) is 4.51. The molecule has 0 aromatic heterocycles. The molecular weight excluding hydrogens is 336 g/mol. The number of rotatable bonds is 10. The van der Waals surface area contributed by atoms with Crippen molar-refractivity contribution in [1.82, 2.24) is 10.2 Å². The molecule has 6 atom stereocenters. The van der Waals surface area contributed by atoms with Crippen LogP contribution in [0.25, 0.3) is 0 Å². The number of carbonyl (C=O) groups is 2. The number of fused-ring (bicyclic) bond motifs is 2. The van der Waals surface area contributed by atoms with E-state index in [1.165, 1.54) is 7.11 Å². The maximum atomic E-state index is 12.5. The number of amides is 1. The number of carboxylic acid groups (broad SMARTS) is 1. The van der Waals surface area contributed by atoms with Gasteiger partial charge in [0.05, 0.1) is 25.6 Å². The van der Waals surface area contributed by atoms with Crippen molar-refractivity contribution in [1.29, 1.82) is 0 Å². The first-order valence-corrected chi connectivity index (χ1v) is 8.96. The van der Waals surface area contributed by atoms with Gasteiger partial charge in [0.25, 0.3) is 0 Å². The Kier molecular flexibility index (Phi) is 7.30. The van der Waals surface area contributed by atoms with Gasteiger partial charge in [-0.15, -0.1) is 9.22 Å². The molecule has 8 nitrogen and oxygen atoms in total. The SMILES string of the molecule is COOSNOCCCNC(=O)C1C2CC(C(C)C2C)C1C(=O)O. The van der Waals surface area contributed by atoms with Gasteiger partial charge in [0.15, 0.2) is 0 Å². The van der Waals surface area contributed by atoms with Crippen molar-refractivity contribution >= 4 is 24.1 Å². The van der Waals surface area contributed by atoms with Gasteiger partial charge in [0.1, 0.15) is 12.2 Å². The third-order valence-electron chi connectivity index (χ3n) is 5.54. The Morgan fingerprint density at radius 3 is 2.50 bits per heavy atom. The first-order valence-electron chi connectivity index (χ1n) is 8.22. The largest absolute Gasteiger partial charge is 0.481 e. The standard InChI is InChI=1S/C15H26N2O6S/c1-8-9(2)11-7-10(8)12(13(11)15(19)20)14(18)16-5-4-6-22-17-24-23-21-3/h8-13,17H,4-7H2,1-3H3,(H,16,18)(H,19,20). The minimum atomic E-state index is -0.843. The molecule has 0 radical (unpaired) electrons. The van der Waals surface area contributed by atoms with Crippen LogP contribution in [0.5, 0.6) is 0 Å². The molecule has 2 bridgehead atoms. The van der Waals surface area contributed by atoms with Crippen molar-refractivity contribution in [2.75, 3.05) is 20.3 Å². The Morgan fingerprint density at radius 2 is 1.88 bits per heavy atom. The van der Waals surface area contributed by atoms with Crippen LogP contribution >= 0.6 is 12.2 Å². The summed E-state index contributed by atoms with van der Waals surface area (Å²) in [7, 11) is 1.38. The summed E-state index contributed by atoms with van der Waals surface area (Å²) in [5.41, 5.74) is 0. The number of hydrogen-bond acceptors (Lipinski definition) is 7. The lowest BCUT2D eigenvalue weighted by molar-refractivity contribution is -0.163. The number of carboxylic acids is 1. The summed E-state index contributed by atoms with van der Waals surface area (Å²) in [6.07, 6.45) is 1.46. The molecule has 2 rings (SSSR count). The highest BCUT2D eigenvalue weighted by molar-refractivity contribution is 7.92. The van der Waals surface area contributed by atoms with Gasteiger partial charge in [-0.2, -0.15) is 0 Å². The first-order chi connectivity index (χ1) is 11.5. The summed E-state index contributed by atoms with van der Waals surface area (Å²) >= 11 is 0.803. The molecule has 0 saturated heterocycles. The van der Waals surface area contributed by atoms with E-state index in [2.05, 4.69) is 33.3 Å². The van der Waals surface area contributed by atoms with Gasteiger partial charge in [-0.05, 0) is 36.5 Å². The second kappa shape index (κ2) is 9.00. The van der Waals surface area contributed by atoms with E-state index in [1.807, 2.05) is 0 Å². The zero-order chi connectivity index (χ0) is 17.7. The van der Waals surface area contributed by atoms with E-state index in [4.69, 9.17) is 4.84 Å². The highest BCUT2D eigenvalue weighted by Crippen LogP contribution is 2.58. The molecule has 1 amide bonds. The summed E-state index contributed by atoms with van der Waals surface area (Å²) in [6.45, 7) is 5.06. The van der Waals surface area contributed by atoms with Crippen LogP contribution in [0.3, 0.4) is 0 Å². The predicted molar refractivity (Wildman–Crippen MR) is 86.9 cm³/mol. The third kappa shape index (κ3) is 4.20. The van der Waals surface area contributed by atoms with E-state index in [1.54, 1.807) is 0 Å². The smallest absolute Gasteiger partial charge is 0.307 e. The molecule has 138 valence electrons. The van der Waals surface area contributed by atoms with Crippen molar-refractivity contribution in [3.8, 4) is 0 Å². The van der Waals surface area contributed by atoms with E-state index in [9.17, 15) is 14.7 Å². The van der Waals surface area contributed by atoms with Crippen molar-refractivity contribution in [3.05, 3.63) is 0 Å². The molecule has 3 N–H and O–H groups in total. The molecular formula is C15H26N2O6S. The quantitative estimate of drug-likeness (QED) is 0.176. The summed E-state index contributed by atoms with van der Waals surface area (Å²) < 4.78 is 4.48. The molecule has 2 aliphatic carbocycles. The topological polar surface area (TPSA) is 106 Å². The Labute approximate surface area is 146 Å². The summed E-state index contributed by atoms with van der Waals surface area (Å²) in [5, 5.41) is 12.4. The minimum Gasteiger partial charge on any atom is -0.481 e. The minimum absolute atomic E-state index is 0.114. The van der Waals surface area contributed by atoms with Crippen LogP contribution < -0.4 is 10.2 Å².